The number of benzene rings is 1. The van der Waals surface area contributed by atoms with Gasteiger partial charge in [0.2, 0.25) is 0 Å². The summed E-state index contributed by atoms with van der Waals surface area (Å²) in [5, 5.41) is 9.88. The minimum atomic E-state index is -3.60. The molecule has 0 bridgehead atoms. The lowest BCUT2D eigenvalue weighted by Gasteiger charge is -2.32. The first-order valence-corrected chi connectivity index (χ1v) is 7.94. The Balaban J connectivity index is 2.23. The van der Waals surface area contributed by atoms with Crippen LogP contribution < -0.4 is 4.72 Å². The van der Waals surface area contributed by atoms with E-state index in [0.29, 0.717) is 12.1 Å². The van der Waals surface area contributed by atoms with Gasteiger partial charge in [-0.15, -0.1) is 0 Å². The highest BCUT2D eigenvalue weighted by Crippen LogP contribution is 2.29. The first kappa shape index (κ1) is 14.1. The number of hydrogen-bond donors (Lipinski definition) is 2. The van der Waals surface area contributed by atoms with E-state index in [2.05, 4.69) is 4.72 Å². The first-order valence-electron chi connectivity index (χ1n) is 6.50. The Hall–Kier alpha value is -1.27. The first-order chi connectivity index (χ1) is 8.92. The van der Waals surface area contributed by atoms with Gasteiger partial charge in [-0.25, -0.2) is 0 Å². The standard InChI is InChI=1S/C13H20N2O3S/c1-10-6-5-8-12(13(10)16)14-19(17,18)15-9-4-3-7-11(15)2/h5-6,8,11,14,16H,3-4,7,9H2,1-2H3. The van der Waals surface area contributed by atoms with Crippen LogP contribution in [0.25, 0.3) is 0 Å². The van der Waals surface area contributed by atoms with Crippen LogP contribution in [0.15, 0.2) is 18.2 Å². The minimum Gasteiger partial charge on any atom is -0.505 e. The van der Waals surface area contributed by atoms with Crippen LogP contribution in [0.3, 0.4) is 0 Å². The molecule has 0 saturated carbocycles. The van der Waals surface area contributed by atoms with Crippen LogP contribution in [-0.4, -0.2) is 30.4 Å². The molecule has 2 N–H and O–H groups in total. The summed E-state index contributed by atoms with van der Waals surface area (Å²) in [5.74, 6) is -0.0178. The van der Waals surface area contributed by atoms with Crippen LogP contribution in [0, 0.1) is 6.92 Å². The number of nitrogens with zero attached hydrogens (tertiary/aromatic N) is 1. The molecule has 1 aliphatic rings. The molecule has 19 heavy (non-hydrogen) atoms. The maximum atomic E-state index is 12.3. The van der Waals surface area contributed by atoms with Crippen molar-refractivity contribution in [1.29, 1.82) is 0 Å². The normalized spacial score (nSPS) is 21.3. The predicted octanol–water partition coefficient (Wildman–Crippen LogP) is 2.23. The fraction of sp³-hybridized carbons (Fsp3) is 0.538. The zero-order chi connectivity index (χ0) is 14.0. The van der Waals surface area contributed by atoms with Gasteiger partial charge in [0, 0.05) is 12.6 Å². The number of hydrogen-bond acceptors (Lipinski definition) is 3. The lowest BCUT2D eigenvalue weighted by molar-refractivity contribution is 0.270. The topological polar surface area (TPSA) is 69.6 Å². The van der Waals surface area contributed by atoms with Crippen LogP contribution in [0.5, 0.6) is 5.75 Å². The predicted molar refractivity (Wildman–Crippen MR) is 75.4 cm³/mol. The van der Waals surface area contributed by atoms with Gasteiger partial charge in [0.05, 0.1) is 5.69 Å². The van der Waals surface area contributed by atoms with Gasteiger partial charge in [-0.1, -0.05) is 18.6 Å². The van der Waals surface area contributed by atoms with Crippen molar-refractivity contribution >= 4 is 15.9 Å². The Bertz CT molecular complexity index is 557. The average Bonchev–Trinajstić information content (AvgIpc) is 2.35. The van der Waals surface area contributed by atoms with E-state index in [1.807, 2.05) is 6.92 Å². The largest absolute Gasteiger partial charge is 0.505 e. The Morgan fingerprint density at radius 1 is 1.37 bits per heavy atom. The van der Waals surface area contributed by atoms with Crippen molar-refractivity contribution < 1.29 is 13.5 Å². The maximum Gasteiger partial charge on any atom is 0.302 e. The third kappa shape index (κ3) is 3.01. The number of rotatable bonds is 3. The number of nitrogens with one attached hydrogen (secondary N) is 1. The molecule has 0 aliphatic carbocycles. The number of aromatic hydroxyl groups is 1. The van der Waals surface area contributed by atoms with Gasteiger partial charge in [0.25, 0.3) is 0 Å². The Morgan fingerprint density at radius 3 is 2.79 bits per heavy atom. The SMILES string of the molecule is Cc1cccc(NS(=O)(=O)N2CCCCC2C)c1O. The molecule has 0 spiro atoms. The Morgan fingerprint density at radius 2 is 2.11 bits per heavy atom. The molecule has 5 nitrogen and oxygen atoms in total. The van der Waals surface area contributed by atoms with Crippen molar-refractivity contribution in [2.75, 3.05) is 11.3 Å². The number of anilines is 1. The lowest BCUT2D eigenvalue weighted by atomic mass is 10.1. The van der Waals surface area contributed by atoms with Crippen molar-refractivity contribution in [1.82, 2.24) is 4.31 Å². The van der Waals surface area contributed by atoms with E-state index in [1.54, 1.807) is 25.1 Å². The molecule has 106 valence electrons. The van der Waals surface area contributed by atoms with E-state index >= 15 is 0 Å². The summed E-state index contributed by atoms with van der Waals surface area (Å²) in [6.45, 7) is 4.17. The summed E-state index contributed by atoms with van der Waals surface area (Å²) >= 11 is 0. The van der Waals surface area contributed by atoms with Crippen molar-refractivity contribution in [2.45, 2.75) is 39.2 Å². The summed E-state index contributed by atoms with van der Waals surface area (Å²) in [6.07, 6.45) is 2.81. The zero-order valence-corrected chi connectivity index (χ0v) is 12.1. The number of phenolic OH excluding ortho intramolecular Hbond substituents is 1. The molecule has 1 aromatic carbocycles. The van der Waals surface area contributed by atoms with Crippen molar-refractivity contribution in [3.05, 3.63) is 23.8 Å². The van der Waals surface area contributed by atoms with Crippen LogP contribution in [0.4, 0.5) is 5.69 Å². The van der Waals surface area contributed by atoms with Crippen LogP contribution >= 0.6 is 0 Å². The van der Waals surface area contributed by atoms with E-state index in [4.69, 9.17) is 0 Å². The summed E-state index contributed by atoms with van der Waals surface area (Å²) < 4.78 is 28.6. The fourth-order valence-corrected chi connectivity index (χ4v) is 3.88. The number of aryl methyl sites for hydroxylation is 1. The molecule has 1 unspecified atom stereocenters. The molecule has 1 heterocycles. The molecule has 2 rings (SSSR count). The van der Waals surface area contributed by atoms with Crippen LogP contribution in [0.1, 0.15) is 31.7 Å². The molecule has 0 radical (unpaired) electrons. The molecule has 6 heteroatoms. The van der Waals surface area contributed by atoms with Gasteiger partial charge in [-0.2, -0.15) is 12.7 Å². The number of para-hydroxylation sites is 1. The maximum absolute atomic E-state index is 12.3. The average molecular weight is 284 g/mol. The van der Waals surface area contributed by atoms with E-state index in [0.717, 1.165) is 19.3 Å². The third-order valence-corrected chi connectivity index (χ3v) is 5.17. The van der Waals surface area contributed by atoms with Crippen molar-refractivity contribution in [3.8, 4) is 5.75 Å². The van der Waals surface area contributed by atoms with Crippen LogP contribution in [0.2, 0.25) is 0 Å². The molecule has 0 aromatic heterocycles. The van der Waals surface area contributed by atoms with Gasteiger partial charge in [-0.05, 0) is 38.3 Å². The molecule has 1 aliphatic heterocycles. The summed E-state index contributed by atoms with van der Waals surface area (Å²) in [5.41, 5.74) is 0.879. The van der Waals surface area contributed by atoms with E-state index in [-0.39, 0.29) is 17.5 Å². The highest BCUT2D eigenvalue weighted by Gasteiger charge is 2.29. The van der Waals surface area contributed by atoms with Crippen molar-refractivity contribution in [3.63, 3.8) is 0 Å². The number of phenols is 1. The Labute approximate surface area is 114 Å². The summed E-state index contributed by atoms with van der Waals surface area (Å²) in [6, 6.07) is 5.01. The van der Waals surface area contributed by atoms with E-state index < -0.39 is 10.2 Å². The smallest absolute Gasteiger partial charge is 0.302 e. The van der Waals surface area contributed by atoms with Crippen LogP contribution in [-0.2, 0) is 10.2 Å². The summed E-state index contributed by atoms with van der Waals surface area (Å²) in [7, 11) is -3.60. The molecular weight excluding hydrogens is 264 g/mol. The monoisotopic (exact) mass is 284 g/mol. The highest BCUT2D eigenvalue weighted by atomic mass is 32.2. The molecule has 1 fully saturated rings. The van der Waals surface area contributed by atoms with E-state index in [9.17, 15) is 13.5 Å². The third-order valence-electron chi connectivity index (χ3n) is 3.53. The number of piperidine rings is 1. The summed E-state index contributed by atoms with van der Waals surface area (Å²) in [4.78, 5) is 0. The highest BCUT2D eigenvalue weighted by molar-refractivity contribution is 7.90. The second-order valence-corrected chi connectivity index (χ2v) is 6.66. The molecule has 1 atom stereocenters. The minimum absolute atomic E-state index is 0.00166. The van der Waals surface area contributed by atoms with E-state index in [1.165, 1.54) is 4.31 Å². The quantitative estimate of drug-likeness (QED) is 0.836. The second-order valence-electron chi connectivity index (χ2n) is 5.03. The van der Waals surface area contributed by atoms with Gasteiger partial charge in [0.1, 0.15) is 5.75 Å². The van der Waals surface area contributed by atoms with Gasteiger partial charge < -0.3 is 5.11 Å². The second kappa shape index (κ2) is 5.38. The zero-order valence-electron chi connectivity index (χ0n) is 11.3. The molecular formula is C13H20N2O3S. The fourth-order valence-electron chi connectivity index (χ4n) is 2.37. The van der Waals surface area contributed by atoms with Gasteiger partial charge in [-0.3, -0.25) is 4.72 Å². The van der Waals surface area contributed by atoms with Gasteiger partial charge in [0.15, 0.2) is 0 Å². The van der Waals surface area contributed by atoms with Gasteiger partial charge >= 0.3 is 10.2 Å². The Kier molecular flexibility index (Phi) is 4.01. The van der Waals surface area contributed by atoms with Crippen molar-refractivity contribution in [2.24, 2.45) is 0 Å². The molecule has 0 amide bonds. The molecule has 1 saturated heterocycles. The lowest BCUT2D eigenvalue weighted by Crippen LogP contribution is -2.44. The molecule has 1 aromatic rings.